The Morgan fingerprint density at radius 1 is 1.06 bits per heavy atom. The second-order valence-corrected chi connectivity index (χ2v) is 9.13. The van der Waals surface area contributed by atoms with Gasteiger partial charge in [-0.2, -0.15) is 0 Å². The van der Waals surface area contributed by atoms with Gasteiger partial charge in [0.15, 0.2) is 0 Å². The lowest BCUT2D eigenvalue weighted by molar-refractivity contribution is -0.134. The van der Waals surface area contributed by atoms with E-state index in [9.17, 15) is 24.0 Å². The van der Waals surface area contributed by atoms with E-state index in [1.165, 1.54) is 17.0 Å². The average Bonchev–Trinajstić information content (AvgIpc) is 2.99. The minimum atomic E-state index is -0.898. The predicted molar refractivity (Wildman–Crippen MR) is 112 cm³/mol. The van der Waals surface area contributed by atoms with Crippen LogP contribution >= 0.6 is 0 Å². The third-order valence-electron chi connectivity index (χ3n) is 5.89. The number of imide groups is 2. The van der Waals surface area contributed by atoms with E-state index in [4.69, 9.17) is 4.74 Å². The number of carbonyl (C=O) groups excluding carboxylic acids is 5. The van der Waals surface area contributed by atoms with Gasteiger partial charge in [0.25, 0.3) is 11.8 Å². The molecule has 10 nitrogen and oxygen atoms in total. The van der Waals surface area contributed by atoms with E-state index in [0.717, 1.165) is 4.90 Å². The number of hydrogen-bond donors (Lipinski definition) is 2. The highest BCUT2D eigenvalue weighted by Gasteiger charge is 2.46. The number of carbonyl (C=O) groups is 5. The van der Waals surface area contributed by atoms with Crippen LogP contribution in [0.5, 0.6) is 5.75 Å². The van der Waals surface area contributed by atoms with Gasteiger partial charge in [-0.3, -0.25) is 29.4 Å². The standard InChI is InChI=1S/C22H26N4O6/c1-22(2,3)26-19(29)13-4-6-14(32-21(31)25-10-8-23-9-11-25)16(17(13)20(26)30)12-5-7-15(27)24-18(12)28/h4,6,12,23H,5,7-11H2,1-3H3,(H,24,27,28). The maximum atomic E-state index is 13.4. The van der Waals surface area contributed by atoms with Crippen LogP contribution in [0.25, 0.3) is 0 Å². The van der Waals surface area contributed by atoms with Gasteiger partial charge in [-0.15, -0.1) is 0 Å². The van der Waals surface area contributed by atoms with Crippen LogP contribution in [0.4, 0.5) is 4.79 Å². The Hall–Kier alpha value is -3.27. The van der Waals surface area contributed by atoms with Crippen LogP contribution in [-0.4, -0.2) is 71.2 Å². The van der Waals surface area contributed by atoms with Gasteiger partial charge in [-0.25, -0.2) is 4.79 Å². The quantitative estimate of drug-likeness (QED) is 0.655. The summed E-state index contributed by atoms with van der Waals surface area (Å²) >= 11 is 0. The number of amides is 5. The van der Waals surface area contributed by atoms with Gasteiger partial charge in [0.05, 0.1) is 17.0 Å². The zero-order valence-electron chi connectivity index (χ0n) is 18.3. The molecule has 0 bridgehead atoms. The fraction of sp³-hybridized carbons (Fsp3) is 0.500. The van der Waals surface area contributed by atoms with Crippen molar-refractivity contribution in [2.75, 3.05) is 26.2 Å². The molecular weight excluding hydrogens is 416 g/mol. The summed E-state index contributed by atoms with van der Waals surface area (Å²) in [5.41, 5.74) is -0.384. The Morgan fingerprint density at radius 3 is 2.38 bits per heavy atom. The molecule has 1 atom stereocenters. The van der Waals surface area contributed by atoms with Crippen molar-refractivity contribution in [2.45, 2.75) is 45.1 Å². The van der Waals surface area contributed by atoms with Crippen LogP contribution in [0.3, 0.4) is 0 Å². The van der Waals surface area contributed by atoms with Gasteiger partial charge < -0.3 is 15.0 Å². The van der Waals surface area contributed by atoms with E-state index in [1.54, 1.807) is 20.8 Å². The molecule has 32 heavy (non-hydrogen) atoms. The van der Waals surface area contributed by atoms with Crippen molar-refractivity contribution in [3.63, 3.8) is 0 Å². The molecule has 0 saturated carbocycles. The van der Waals surface area contributed by atoms with Gasteiger partial charge in [-0.1, -0.05) is 0 Å². The number of nitrogens with one attached hydrogen (secondary N) is 2. The average molecular weight is 442 g/mol. The Morgan fingerprint density at radius 2 is 1.75 bits per heavy atom. The van der Waals surface area contributed by atoms with Gasteiger partial charge in [0.2, 0.25) is 11.8 Å². The summed E-state index contributed by atoms with van der Waals surface area (Å²) in [6.45, 7) is 7.42. The van der Waals surface area contributed by atoms with Gasteiger partial charge in [0.1, 0.15) is 5.75 Å². The number of ether oxygens (including phenoxy) is 1. The Bertz CT molecular complexity index is 1020. The first kappa shape index (κ1) is 21.9. The van der Waals surface area contributed by atoms with Crippen LogP contribution < -0.4 is 15.4 Å². The summed E-state index contributed by atoms with van der Waals surface area (Å²) in [4.78, 5) is 66.3. The van der Waals surface area contributed by atoms with E-state index >= 15 is 0 Å². The molecule has 0 spiro atoms. The SMILES string of the molecule is CC(C)(C)N1C(=O)c2ccc(OC(=O)N3CCNCC3)c(C3CCC(=O)NC3=O)c2C1=O. The molecule has 3 heterocycles. The first-order valence-corrected chi connectivity index (χ1v) is 10.7. The summed E-state index contributed by atoms with van der Waals surface area (Å²) in [6, 6.07) is 2.91. The molecule has 0 radical (unpaired) electrons. The molecular formula is C22H26N4O6. The molecule has 2 N–H and O–H groups in total. The van der Waals surface area contributed by atoms with Gasteiger partial charge in [-0.05, 0) is 39.3 Å². The van der Waals surface area contributed by atoms with Crippen LogP contribution in [0.1, 0.15) is 65.8 Å². The van der Waals surface area contributed by atoms with Crippen LogP contribution in [0, 0.1) is 0 Å². The summed E-state index contributed by atoms with van der Waals surface area (Å²) in [5.74, 6) is -2.84. The lowest BCUT2D eigenvalue weighted by Gasteiger charge is -2.30. The number of hydrogen-bond acceptors (Lipinski definition) is 7. The van der Waals surface area contributed by atoms with Crippen molar-refractivity contribution >= 4 is 29.7 Å². The predicted octanol–water partition coefficient (Wildman–Crippen LogP) is 1.01. The Balaban J connectivity index is 1.80. The number of rotatable bonds is 2. The smallest absolute Gasteiger partial charge is 0.410 e. The molecule has 3 aliphatic heterocycles. The van der Waals surface area contributed by atoms with Crippen LogP contribution in [0.15, 0.2) is 12.1 Å². The molecule has 0 aromatic heterocycles. The summed E-state index contributed by atoms with van der Waals surface area (Å²) in [5, 5.41) is 5.43. The second-order valence-electron chi connectivity index (χ2n) is 9.13. The van der Waals surface area contributed by atoms with Crippen molar-refractivity contribution < 1.29 is 28.7 Å². The molecule has 5 amide bonds. The third-order valence-corrected chi connectivity index (χ3v) is 5.89. The minimum absolute atomic E-state index is 0.0543. The van der Waals surface area contributed by atoms with Crippen molar-refractivity contribution in [3.05, 3.63) is 28.8 Å². The minimum Gasteiger partial charge on any atom is -0.410 e. The van der Waals surface area contributed by atoms with E-state index in [0.29, 0.717) is 26.2 Å². The molecule has 10 heteroatoms. The molecule has 170 valence electrons. The molecule has 1 unspecified atom stereocenters. The molecule has 0 aliphatic carbocycles. The van der Waals surface area contributed by atoms with E-state index < -0.39 is 41.2 Å². The Labute approximate surface area is 185 Å². The third kappa shape index (κ3) is 3.75. The zero-order valence-corrected chi connectivity index (χ0v) is 18.3. The lowest BCUT2D eigenvalue weighted by atomic mass is 9.85. The highest BCUT2D eigenvalue weighted by molar-refractivity contribution is 6.23. The van der Waals surface area contributed by atoms with Crippen LogP contribution in [-0.2, 0) is 9.59 Å². The normalized spacial score (nSPS) is 21.5. The fourth-order valence-electron chi connectivity index (χ4n) is 4.35. The summed E-state index contributed by atoms with van der Waals surface area (Å²) in [6.07, 6.45) is -0.364. The van der Waals surface area contributed by atoms with E-state index in [-0.39, 0.29) is 35.3 Å². The topological polar surface area (TPSA) is 125 Å². The molecule has 2 fully saturated rings. The first-order valence-electron chi connectivity index (χ1n) is 10.7. The lowest BCUT2D eigenvalue weighted by Crippen LogP contribution is -2.47. The number of piperazine rings is 1. The number of fused-ring (bicyclic) bond motifs is 1. The highest BCUT2D eigenvalue weighted by Crippen LogP contribution is 2.41. The number of piperidine rings is 1. The number of nitrogens with zero attached hydrogens (tertiary/aromatic N) is 2. The highest BCUT2D eigenvalue weighted by atomic mass is 16.6. The summed E-state index contributed by atoms with van der Waals surface area (Å²) in [7, 11) is 0. The largest absolute Gasteiger partial charge is 0.415 e. The fourth-order valence-corrected chi connectivity index (χ4v) is 4.35. The van der Waals surface area contributed by atoms with Crippen molar-refractivity contribution in [1.82, 2.24) is 20.4 Å². The monoisotopic (exact) mass is 442 g/mol. The first-order chi connectivity index (χ1) is 15.1. The van der Waals surface area contributed by atoms with E-state index in [2.05, 4.69) is 10.6 Å². The molecule has 3 aliphatic rings. The second kappa shape index (κ2) is 8.01. The van der Waals surface area contributed by atoms with Crippen molar-refractivity contribution in [2.24, 2.45) is 0 Å². The zero-order chi connectivity index (χ0) is 23.2. The maximum Gasteiger partial charge on any atom is 0.415 e. The number of benzene rings is 1. The Kier molecular flexibility index (Phi) is 5.49. The van der Waals surface area contributed by atoms with Crippen molar-refractivity contribution in [3.8, 4) is 5.75 Å². The summed E-state index contributed by atoms with van der Waals surface area (Å²) < 4.78 is 5.66. The molecule has 1 aromatic carbocycles. The van der Waals surface area contributed by atoms with Gasteiger partial charge in [0, 0.05) is 43.7 Å². The van der Waals surface area contributed by atoms with Gasteiger partial charge >= 0.3 is 6.09 Å². The maximum absolute atomic E-state index is 13.4. The molecule has 4 rings (SSSR count). The van der Waals surface area contributed by atoms with Crippen LogP contribution in [0.2, 0.25) is 0 Å². The molecule has 2 saturated heterocycles. The van der Waals surface area contributed by atoms with Crippen molar-refractivity contribution in [1.29, 1.82) is 0 Å². The molecule has 1 aromatic rings. The van der Waals surface area contributed by atoms with E-state index in [1.807, 2.05) is 0 Å².